The number of ether oxygens (including phenoxy) is 2. The van der Waals surface area contributed by atoms with Crippen molar-refractivity contribution in [1.29, 1.82) is 5.26 Å². The smallest absolute Gasteiger partial charge is 0.298 e. The van der Waals surface area contributed by atoms with E-state index in [4.69, 9.17) is 32.7 Å². The van der Waals surface area contributed by atoms with Crippen molar-refractivity contribution in [2.75, 3.05) is 11.5 Å². The minimum atomic E-state index is -0.476. The van der Waals surface area contributed by atoms with Gasteiger partial charge in [0.05, 0.1) is 38.9 Å². The number of benzene rings is 3. The maximum Gasteiger partial charge on any atom is 0.298 e. The molecular weight excluding hydrogens is 507 g/mol. The monoisotopic (exact) mass is 524 g/mol. The number of imide groups is 1. The van der Waals surface area contributed by atoms with Crippen LogP contribution in [0.5, 0.6) is 11.5 Å². The van der Waals surface area contributed by atoms with Gasteiger partial charge in [0, 0.05) is 5.56 Å². The second kappa shape index (κ2) is 10.9. The van der Waals surface area contributed by atoms with Crippen molar-refractivity contribution in [2.45, 2.75) is 13.5 Å². The highest BCUT2D eigenvalue weighted by molar-refractivity contribution is 8.19. The van der Waals surface area contributed by atoms with E-state index < -0.39 is 11.1 Å². The number of anilines is 1. The van der Waals surface area contributed by atoms with E-state index in [-0.39, 0.29) is 16.5 Å². The third-order valence-corrected chi connectivity index (χ3v) is 6.50. The summed E-state index contributed by atoms with van der Waals surface area (Å²) in [6.45, 7) is 2.30. The van der Waals surface area contributed by atoms with Gasteiger partial charge in [0.2, 0.25) is 0 Å². The zero-order chi connectivity index (χ0) is 24.9. The summed E-state index contributed by atoms with van der Waals surface area (Å²) in [5.41, 5.74) is 2.11. The van der Waals surface area contributed by atoms with E-state index >= 15 is 0 Å². The van der Waals surface area contributed by atoms with Gasteiger partial charge < -0.3 is 9.47 Å². The number of amides is 2. The third-order valence-electron chi connectivity index (χ3n) is 5.03. The Morgan fingerprint density at radius 3 is 2.51 bits per heavy atom. The van der Waals surface area contributed by atoms with Gasteiger partial charge in [-0.05, 0) is 60.7 Å². The summed E-state index contributed by atoms with van der Waals surface area (Å²) in [5.74, 6) is 0.226. The van der Waals surface area contributed by atoms with Crippen molar-refractivity contribution < 1.29 is 19.1 Å². The molecule has 6 nitrogen and oxygen atoms in total. The molecule has 9 heteroatoms. The topological polar surface area (TPSA) is 79.6 Å². The number of carbonyl (C=O) groups is 2. The van der Waals surface area contributed by atoms with Crippen LogP contribution in [-0.2, 0) is 11.4 Å². The lowest BCUT2D eigenvalue weighted by Crippen LogP contribution is -2.27. The van der Waals surface area contributed by atoms with Crippen LogP contribution < -0.4 is 14.4 Å². The second-order valence-electron chi connectivity index (χ2n) is 7.29. The fraction of sp³-hybridized carbons (Fsp3) is 0.115. The van der Waals surface area contributed by atoms with Crippen LogP contribution >= 0.6 is 35.0 Å². The van der Waals surface area contributed by atoms with E-state index in [1.165, 1.54) is 0 Å². The lowest BCUT2D eigenvalue weighted by molar-refractivity contribution is -0.113. The van der Waals surface area contributed by atoms with Gasteiger partial charge in [-0.15, -0.1) is 0 Å². The molecule has 1 aliphatic heterocycles. The van der Waals surface area contributed by atoms with Crippen LogP contribution in [0.3, 0.4) is 0 Å². The number of rotatable bonds is 7. The summed E-state index contributed by atoms with van der Waals surface area (Å²) in [4.78, 5) is 26.8. The van der Waals surface area contributed by atoms with Crippen molar-refractivity contribution in [1.82, 2.24) is 0 Å². The largest absolute Gasteiger partial charge is 0.490 e. The van der Waals surface area contributed by atoms with Crippen LogP contribution in [0.2, 0.25) is 10.0 Å². The van der Waals surface area contributed by atoms with Crippen molar-refractivity contribution in [3.05, 3.63) is 92.3 Å². The lowest BCUT2D eigenvalue weighted by Gasteiger charge is -2.15. The molecule has 0 saturated carbocycles. The number of hydrogen-bond donors (Lipinski definition) is 0. The Balaban J connectivity index is 1.62. The predicted octanol–water partition coefficient (Wildman–Crippen LogP) is 7.08. The second-order valence-corrected chi connectivity index (χ2v) is 9.10. The molecule has 176 valence electrons. The number of nitriles is 1. The van der Waals surface area contributed by atoms with Crippen molar-refractivity contribution in [3.63, 3.8) is 0 Å². The Morgan fingerprint density at radius 2 is 1.77 bits per heavy atom. The Bertz CT molecular complexity index is 1380. The molecule has 4 rings (SSSR count). The molecule has 0 atom stereocenters. The molecule has 0 bridgehead atoms. The normalized spacial score (nSPS) is 14.3. The fourth-order valence-electron chi connectivity index (χ4n) is 3.44. The molecule has 3 aromatic rings. The van der Waals surface area contributed by atoms with E-state index in [9.17, 15) is 14.9 Å². The molecule has 1 fully saturated rings. The quantitative estimate of drug-likeness (QED) is 0.307. The first-order valence-electron chi connectivity index (χ1n) is 10.5. The summed E-state index contributed by atoms with van der Waals surface area (Å²) < 4.78 is 11.7. The lowest BCUT2D eigenvalue weighted by atomic mass is 10.1. The average Bonchev–Trinajstić information content (AvgIpc) is 3.11. The number of nitrogens with zero attached hydrogens (tertiary/aromatic N) is 2. The van der Waals surface area contributed by atoms with Crippen LogP contribution in [0.4, 0.5) is 10.5 Å². The molecule has 35 heavy (non-hydrogen) atoms. The van der Waals surface area contributed by atoms with Gasteiger partial charge >= 0.3 is 0 Å². The Morgan fingerprint density at radius 1 is 1.03 bits per heavy atom. The maximum atomic E-state index is 13.0. The van der Waals surface area contributed by atoms with Gasteiger partial charge in [0.25, 0.3) is 11.1 Å². The van der Waals surface area contributed by atoms with Gasteiger partial charge in [-0.2, -0.15) is 5.26 Å². The number of para-hydroxylation sites is 1. The molecule has 1 aliphatic rings. The molecule has 0 radical (unpaired) electrons. The van der Waals surface area contributed by atoms with E-state index in [2.05, 4.69) is 6.07 Å². The van der Waals surface area contributed by atoms with E-state index in [0.717, 1.165) is 16.7 Å². The molecule has 0 spiro atoms. The molecule has 0 aliphatic carbocycles. The Labute approximate surface area is 216 Å². The standard InChI is InChI=1S/C26H18Cl2N2O4S/c1-2-33-22-12-16(11-20(28)24(22)34-15-18-8-4-3-7-17(18)14-29)13-23-25(31)30(26(32)35-23)21-10-6-5-9-19(21)27/h3-13H,2,15H2,1H3/b23-13-. The summed E-state index contributed by atoms with van der Waals surface area (Å²) in [6, 6.07) is 19.2. The van der Waals surface area contributed by atoms with E-state index in [1.54, 1.807) is 60.7 Å². The van der Waals surface area contributed by atoms with Crippen LogP contribution in [0.25, 0.3) is 6.08 Å². The number of hydrogen-bond acceptors (Lipinski definition) is 6. The highest BCUT2D eigenvalue weighted by atomic mass is 35.5. The SMILES string of the molecule is CCOc1cc(/C=C2\SC(=O)N(c3ccccc3Cl)C2=O)cc(Cl)c1OCc1ccccc1C#N. The highest BCUT2D eigenvalue weighted by Crippen LogP contribution is 2.41. The van der Waals surface area contributed by atoms with E-state index in [0.29, 0.717) is 45.5 Å². The van der Waals surface area contributed by atoms with Crippen LogP contribution in [0.1, 0.15) is 23.6 Å². The summed E-state index contributed by atoms with van der Waals surface area (Å²) in [6.07, 6.45) is 1.57. The average molecular weight is 525 g/mol. The highest BCUT2D eigenvalue weighted by Gasteiger charge is 2.37. The number of carbonyl (C=O) groups excluding carboxylic acids is 2. The van der Waals surface area contributed by atoms with Crippen molar-refractivity contribution in [2.24, 2.45) is 0 Å². The molecule has 2 amide bonds. The first kappa shape index (κ1) is 24.7. The molecule has 1 heterocycles. The summed E-state index contributed by atoms with van der Waals surface area (Å²) >= 11 is 13.5. The van der Waals surface area contributed by atoms with Gasteiger partial charge in [0.15, 0.2) is 11.5 Å². The van der Waals surface area contributed by atoms with Gasteiger partial charge in [-0.1, -0.05) is 53.5 Å². The third kappa shape index (κ3) is 5.30. The number of halogens is 2. The van der Waals surface area contributed by atoms with E-state index in [1.807, 2.05) is 13.0 Å². The van der Waals surface area contributed by atoms with Gasteiger partial charge in [-0.3, -0.25) is 9.59 Å². The fourth-order valence-corrected chi connectivity index (χ4v) is 4.77. The Kier molecular flexibility index (Phi) is 7.67. The van der Waals surface area contributed by atoms with Crippen LogP contribution in [0.15, 0.2) is 65.6 Å². The van der Waals surface area contributed by atoms with Crippen LogP contribution in [0, 0.1) is 11.3 Å². The van der Waals surface area contributed by atoms with Crippen LogP contribution in [-0.4, -0.2) is 17.8 Å². The first-order valence-corrected chi connectivity index (χ1v) is 12.1. The van der Waals surface area contributed by atoms with Gasteiger partial charge in [0.1, 0.15) is 6.61 Å². The Hall–Kier alpha value is -3.44. The minimum Gasteiger partial charge on any atom is -0.490 e. The van der Waals surface area contributed by atoms with Crippen molar-refractivity contribution in [3.8, 4) is 17.6 Å². The molecular formula is C26H18Cl2N2O4S. The maximum absolute atomic E-state index is 13.0. The zero-order valence-electron chi connectivity index (χ0n) is 18.5. The number of thioether (sulfide) groups is 1. The molecule has 1 saturated heterocycles. The van der Waals surface area contributed by atoms with Gasteiger partial charge in [-0.25, -0.2) is 4.90 Å². The zero-order valence-corrected chi connectivity index (χ0v) is 20.8. The van der Waals surface area contributed by atoms with Crippen molar-refractivity contribution >= 4 is 57.9 Å². The minimum absolute atomic E-state index is 0.125. The molecule has 0 aromatic heterocycles. The first-order chi connectivity index (χ1) is 16.9. The molecule has 0 unspecified atom stereocenters. The molecule has 3 aromatic carbocycles. The predicted molar refractivity (Wildman–Crippen MR) is 138 cm³/mol. The molecule has 0 N–H and O–H groups in total. The summed E-state index contributed by atoms with van der Waals surface area (Å²) in [5, 5.41) is 9.43. The summed E-state index contributed by atoms with van der Waals surface area (Å²) in [7, 11) is 0.